The molecule has 2 heterocycles. The fourth-order valence-electron chi connectivity index (χ4n) is 1.35. The lowest BCUT2D eigenvalue weighted by Gasteiger charge is -2.01. The van der Waals surface area contributed by atoms with Crippen molar-refractivity contribution in [1.82, 2.24) is 20.0 Å². The van der Waals surface area contributed by atoms with Crippen molar-refractivity contribution in [2.24, 2.45) is 0 Å². The van der Waals surface area contributed by atoms with Crippen LogP contribution >= 0.6 is 0 Å². The van der Waals surface area contributed by atoms with E-state index >= 15 is 0 Å². The Labute approximate surface area is 91.6 Å². The van der Waals surface area contributed by atoms with Crippen molar-refractivity contribution in [3.8, 4) is 0 Å². The van der Waals surface area contributed by atoms with Gasteiger partial charge in [0.15, 0.2) is 5.69 Å². The van der Waals surface area contributed by atoms with Crippen molar-refractivity contribution in [3.05, 3.63) is 41.5 Å². The standard InChI is InChI=1S/C10H10N4O2/c1-7-9(10(15)16)12-13-14(7)6-8-4-2-3-5-11-8/h2-5H,6H2,1H3,(H,15,16). The maximum atomic E-state index is 10.8. The Kier molecular flexibility index (Phi) is 2.63. The third kappa shape index (κ3) is 1.90. The first kappa shape index (κ1) is 10.3. The smallest absolute Gasteiger partial charge is 0.358 e. The second kappa shape index (κ2) is 4.09. The zero-order valence-electron chi connectivity index (χ0n) is 8.66. The van der Waals surface area contributed by atoms with Gasteiger partial charge in [0, 0.05) is 6.20 Å². The van der Waals surface area contributed by atoms with Gasteiger partial charge >= 0.3 is 5.97 Å². The van der Waals surface area contributed by atoms with E-state index in [0.29, 0.717) is 12.2 Å². The second-order valence-electron chi connectivity index (χ2n) is 3.31. The Morgan fingerprint density at radius 3 is 2.88 bits per heavy atom. The van der Waals surface area contributed by atoms with E-state index in [-0.39, 0.29) is 5.69 Å². The van der Waals surface area contributed by atoms with E-state index in [2.05, 4.69) is 15.3 Å². The molecule has 0 unspecified atom stereocenters. The number of hydrogen-bond acceptors (Lipinski definition) is 4. The fourth-order valence-corrected chi connectivity index (χ4v) is 1.35. The molecule has 0 saturated heterocycles. The zero-order valence-corrected chi connectivity index (χ0v) is 8.66. The molecule has 0 radical (unpaired) electrons. The molecule has 2 rings (SSSR count). The molecule has 0 atom stereocenters. The minimum Gasteiger partial charge on any atom is -0.476 e. The van der Waals surface area contributed by atoms with Crippen LogP contribution in [-0.4, -0.2) is 31.1 Å². The number of carboxylic acid groups (broad SMARTS) is 1. The van der Waals surface area contributed by atoms with Crippen LogP contribution < -0.4 is 0 Å². The van der Waals surface area contributed by atoms with Crippen LogP contribution in [0.4, 0.5) is 0 Å². The van der Waals surface area contributed by atoms with E-state index in [4.69, 9.17) is 5.11 Å². The monoisotopic (exact) mass is 218 g/mol. The van der Waals surface area contributed by atoms with E-state index in [0.717, 1.165) is 5.69 Å². The van der Waals surface area contributed by atoms with Gasteiger partial charge in [0.05, 0.1) is 17.9 Å². The van der Waals surface area contributed by atoms with Gasteiger partial charge in [-0.25, -0.2) is 9.48 Å². The average Bonchev–Trinajstić information content (AvgIpc) is 2.62. The van der Waals surface area contributed by atoms with Crippen LogP contribution in [0.25, 0.3) is 0 Å². The molecule has 2 aromatic heterocycles. The number of rotatable bonds is 3. The number of carbonyl (C=O) groups is 1. The van der Waals surface area contributed by atoms with Crippen molar-refractivity contribution in [3.63, 3.8) is 0 Å². The molecule has 0 aliphatic carbocycles. The summed E-state index contributed by atoms with van der Waals surface area (Å²) in [5.74, 6) is -1.07. The van der Waals surface area contributed by atoms with Gasteiger partial charge in [-0.3, -0.25) is 4.98 Å². The number of nitrogens with zero attached hydrogens (tertiary/aromatic N) is 4. The molecule has 0 amide bonds. The van der Waals surface area contributed by atoms with Crippen molar-refractivity contribution < 1.29 is 9.90 Å². The van der Waals surface area contributed by atoms with Crippen LogP contribution in [0.1, 0.15) is 21.9 Å². The SMILES string of the molecule is Cc1c(C(=O)O)nnn1Cc1ccccn1. The molecular weight excluding hydrogens is 208 g/mol. The van der Waals surface area contributed by atoms with Gasteiger partial charge < -0.3 is 5.11 Å². The number of pyridine rings is 1. The van der Waals surface area contributed by atoms with E-state index in [9.17, 15) is 4.79 Å². The molecule has 0 aliphatic heterocycles. The van der Waals surface area contributed by atoms with Crippen LogP contribution in [-0.2, 0) is 6.54 Å². The molecule has 0 fully saturated rings. The molecule has 82 valence electrons. The van der Waals surface area contributed by atoms with Gasteiger partial charge in [0.2, 0.25) is 0 Å². The lowest BCUT2D eigenvalue weighted by molar-refractivity contribution is 0.0689. The summed E-state index contributed by atoms with van der Waals surface area (Å²) in [6.07, 6.45) is 1.68. The van der Waals surface area contributed by atoms with Crippen LogP contribution in [0.2, 0.25) is 0 Å². The molecule has 0 spiro atoms. The Morgan fingerprint density at radius 1 is 1.50 bits per heavy atom. The van der Waals surface area contributed by atoms with Crippen molar-refractivity contribution in [2.45, 2.75) is 13.5 Å². The Hall–Kier alpha value is -2.24. The van der Waals surface area contributed by atoms with Crippen molar-refractivity contribution in [1.29, 1.82) is 0 Å². The van der Waals surface area contributed by atoms with Crippen molar-refractivity contribution in [2.75, 3.05) is 0 Å². The third-order valence-corrected chi connectivity index (χ3v) is 2.22. The maximum Gasteiger partial charge on any atom is 0.358 e. The zero-order chi connectivity index (χ0) is 11.5. The Morgan fingerprint density at radius 2 is 2.31 bits per heavy atom. The summed E-state index contributed by atoms with van der Waals surface area (Å²) >= 11 is 0. The number of carboxylic acids is 1. The quantitative estimate of drug-likeness (QED) is 0.821. The van der Waals surface area contributed by atoms with Gasteiger partial charge in [-0.1, -0.05) is 11.3 Å². The first-order valence-electron chi connectivity index (χ1n) is 4.72. The summed E-state index contributed by atoms with van der Waals surface area (Å²) < 4.78 is 1.52. The lowest BCUT2D eigenvalue weighted by Crippen LogP contribution is -2.06. The van der Waals surface area contributed by atoms with Crippen LogP contribution in [0.15, 0.2) is 24.4 Å². The van der Waals surface area contributed by atoms with Gasteiger partial charge in [-0.2, -0.15) is 0 Å². The number of aromatic nitrogens is 4. The summed E-state index contributed by atoms with van der Waals surface area (Å²) in [7, 11) is 0. The molecule has 6 heteroatoms. The summed E-state index contributed by atoms with van der Waals surface area (Å²) in [6.45, 7) is 2.10. The van der Waals surface area contributed by atoms with E-state index in [1.807, 2.05) is 18.2 Å². The van der Waals surface area contributed by atoms with Crippen LogP contribution in [0.5, 0.6) is 0 Å². The summed E-state index contributed by atoms with van der Waals surface area (Å²) in [5, 5.41) is 16.2. The highest BCUT2D eigenvalue weighted by Crippen LogP contribution is 2.05. The summed E-state index contributed by atoms with van der Waals surface area (Å²) in [5.41, 5.74) is 1.32. The molecule has 0 saturated carbocycles. The summed E-state index contributed by atoms with van der Waals surface area (Å²) in [6, 6.07) is 5.54. The molecule has 0 aromatic carbocycles. The molecule has 2 aromatic rings. The Bertz CT molecular complexity index is 507. The van der Waals surface area contributed by atoms with Crippen LogP contribution in [0, 0.1) is 6.92 Å². The van der Waals surface area contributed by atoms with E-state index in [1.54, 1.807) is 13.1 Å². The fraction of sp³-hybridized carbons (Fsp3) is 0.200. The number of aromatic carboxylic acids is 1. The largest absolute Gasteiger partial charge is 0.476 e. The minimum absolute atomic E-state index is 0.0177. The second-order valence-corrected chi connectivity index (χ2v) is 3.31. The van der Waals surface area contributed by atoms with Crippen LogP contribution in [0.3, 0.4) is 0 Å². The Balaban J connectivity index is 2.26. The average molecular weight is 218 g/mol. The third-order valence-electron chi connectivity index (χ3n) is 2.22. The van der Waals surface area contributed by atoms with Gasteiger partial charge in [0.25, 0.3) is 0 Å². The number of hydrogen-bond donors (Lipinski definition) is 1. The van der Waals surface area contributed by atoms with E-state index < -0.39 is 5.97 Å². The van der Waals surface area contributed by atoms with Gasteiger partial charge in [0.1, 0.15) is 0 Å². The molecule has 1 N–H and O–H groups in total. The minimum atomic E-state index is -1.07. The van der Waals surface area contributed by atoms with Crippen molar-refractivity contribution >= 4 is 5.97 Å². The topological polar surface area (TPSA) is 80.9 Å². The lowest BCUT2D eigenvalue weighted by atomic mass is 10.3. The summed E-state index contributed by atoms with van der Waals surface area (Å²) in [4.78, 5) is 14.9. The maximum absolute atomic E-state index is 10.8. The van der Waals surface area contributed by atoms with Gasteiger partial charge in [-0.05, 0) is 19.1 Å². The molecule has 0 bridgehead atoms. The first-order chi connectivity index (χ1) is 7.68. The molecule has 6 nitrogen and oxygen atoms in total. The highest BCUT2D eigenvalue weighted by Gasteiger charge is 2.14. The molecule has 16 heavy (non-hydrogen) atoms. The molecular formula is C10H10N4O2. The molecule has 0 aliphatic rings. The van der Waals surface area contributed by atoms with Gasteiger partial charge in [-0.15, -0.1) is 5.10 Å². The van der Waals surface area contributed by atoms with E-state index in [1.165, 1.54) is 4.68 Å². The predicted molar refractivity (Wildman–Crippen MR) is 55.1 cm³/mol. The first-order valence-corrected chi connectivity index (χ1v) is 4.72. The normalized spacial score (nSPS) is 10.3. The highest BCUT2D eigenvalue weighted by molar-refractivity contribution is 5.86. The predicted octanol–water partition coefficient (Wildman–Crippen LogP) is 0.728. The highest BCUT2D eigenvalue weighted by atomic mass is 16.4.